The van der Waals surface area contributed by atoms with Gasteiger partial charge in [-0.15, -0.1) is 0 Å². The SMILES string of the molecule is CC(C)C(C)C(=O)C(C#N)c1cccc(Cl)c1. The van der Waals surface area contributed by atoms with Gasteiger partial charge in [-0.1, -0.05) is 44.5 Å². The molecule has 0 aromatic heterocycles. The number of Topliss-reactive ketones (excluding diaryl/α,β-unsaturated/α-hetero) is 1. The topological polar surface area (TPSA) is 40.9 Å². The highest BCUT2D eigenvalue weighted by atomic mass is 35.5. The van der Waals surface area contributed by atoms with Gasteiger partial charge in [0.2, 0.25) is 0 Å². The van der Waals surface area contributed by atoms with Crippen LogP contribution in [0.4, 0.5) is 0 Å². The number of hydrogen-bond donors (Lipinski definition) is 0. The first-order valence-electron chi connectivity index (χ1n) is 5.66. The molecule has 0 aliphatic rings. The second-order valence-electron chi connectivity index (χ2n) is 4.55. The molecule has 0 saturated carbocycles. The second-order valence-corrected chi connectivity index (χ2v) is 4.99. The van der Waals surface area contributed by atoms with E-state index in [4.69, 9.17) is 16.9 Å². The molecule has 17 heavy (non-hydrogen) atoms. The Morgan fingerprint density at radius 3 is 2.47 bits per heavy atom. The Balaban J connectivity index is 3.01. The van der Waals surface area contributed by atoms with Crippen molar-refractivity contribution in [2.45, 2.75) is 26.7 Å². The number of nitriles is 1. The van der Waals surface area contributed by atoms with Crippen LogP contribution in [-0.2, 0) is 4.79 Å². The number of carbonyl (C=O) groups is 1. The van der Waals surface area contributed by atoms with Crippen LogP contribution in [0.1, 0.15) is 32.3 Å². The largest absolute Gasteiger partial charge is 0.298 e. The molecule has 0 bridgehead atoms. The molecule has 0 spiro atoms. The molecule has 0 aliphatic carbocycles. The summed E-state index contributed by atoms with van der Waals surface area (Å²) in [5, 5.41) is 9.71. The summed E-state index contributed by atoms with van der Waals surface area (Å²) in [6.07, 6.45) is 0. The highest BCUT2D eigenvalue weighted by Gasteiger charge is 2.27. The fourth-order valence-electron chi connectivity index (χ4n) is 1.58. The number of ketones is 1. The predicted molar refractivity (Wildman–Crippen MR) is 68.8 cm³/mol. The van der Waals surface area contributed by atoms with Crippen molar-refractivity contribution in [2.75, 3.05) is 0 Å². The lowest BCUT2D eigenvalue weighted by Gasteiger charge is -2.17. The monoisotopic (exact) mass is 249 g/mol. The van der Waals surface area contributed by atoms with Crippen LogP contribution in [0.15, 0.2) is 24.3 Å². The van der Waals surface area contributed by atoms with Crippen molar-refractivity contribution in [3.05, 3.63) is 34.9 Å². The van der Waals surface area contributed by atoms with Crippen LogP contribution in [0.3, 0.4) is 0 Å². The molecular weight excluding hydrogens is 234 g/mol. The molecule has 1 aromatic carbocycles. The van der Waals surface area contributed by atoms with Gasteiger partial charge in [0.05, 0.1) is 6.07 Å². The molecule has 2 atom stereocenters. The minimum Gasteiger partial charge on any atom is -0.298 e. The molecule has 2 nitrogen and oxygen atoms in total. The van der Waals surface area contributed by atoms with E-state index in [1.165, 1.54) is 0 Å². The van der Waals surface area contributed by atoms with Gasteiger partial charge in [-0.05, 0) is 23.6 Å². The van der Waals surface area contributed by atoms with Crippen molar-refractivity contribution in [1.29, 1.82) is 5.26 Å². The summed E-state index contributed by atoms with van der Waals surface area (Å²) < 4.78 is 0. The summed E-state index contributed by atoms with van der Waals surface area (Å²) in [7, 11) is 0. The van der Waals surface area contributed by atoms with Crippen LogP contribution >= 0.6 is 11.6 Å². The van der Waals surface area contributed by atoms with Crippen LogP contribution in [-0.4, -0.2) is 5.78 Å². The Morgan fingerprint density at radius 1 is 1.35 bits per heavy atom. The molecule has 1 rings (SSSR count). The quantitative estimate of drug-likeness (QED) is 0.814. The van der Waals surface area contributed by atoms with Gasteiger partial charge < -0.3 is 0 Å². The van der Waals surface area contributed by atoms with Crippen LogP contribution in [0.25, 0.3) is 0 Å². The van der Waals surface area contributed by atoms with Crippen molar-refractivity contribution < 1.29 is 4.79 Å². The lowest BCUT2D eigenvalue weighted by molar-refractivity contribution is -0.123. The van der Waals surface area contributed by atoms with E-state index in [0.29, 0.717) is 10.6 Å². The molecule has 2 unspecified atom stereocenters. The van der Waals surface area contributed by atoms with Gasteiger partial charge >= 0.3 is 0 Å². The molecule has 0 N–H and O–H groups in total. The Hall–Kier alpha value is -1.33. The smallest absolute Gasteiger partial charge is 0.157 e. The fraction of sp³-hybridized carbons (Fsp3) is 0.429. The molecule has 1 aromatic rings. The number of halogens is 1. The Labute approximate surface area is 107 Å². The maximum atomic E-state index is 12.2. The first kappa shape index (κ1) is 13.7. The standard InChI is InChI=1S/C14H16ClNO/c1-9(2)10(3)14(17)13(8-16)11-5-4-6-12(15)7-11/h4-7,9-10,13H,1-3H3. The van der Waals surface area contributed by atoms with Crippen LogP contribution in [0.5, 0.6) is 0 Å². The van der Waals surface area contributed by atoms with Crippen molar-refractivity contribution >= 4 is 17.4 Å². The minimum absolute atomic E-state index is 0.0373. The minimum atomic E-state index is -0.717. The third kappa shape index (κ3) is 3.31. The van der Waals surface area contributed by atoms with Gasteiger partial charge in [-0.2, -0.15) is 5.26 Å². The normalized spacial score (nSPS) is 14.1. The average molecular weight is 250 g/mol. The highest BCUT2D eigenvalue weighted by molar-refractivity contribution is 6.30. The van der Waals surface area contributed by atoms with Gasteiger partial charge in [-0.3, -0.25) is 4.79 Å². The van der Waals surface area contributed by atoms with Crippen LogP contribution in [0.2, 0.25) is 5.02 Å². The van der Waals surface area contributed by atoms with Crippen molar-refractivity contribution in [2.24, 2.45) is 11.8 Å². The maximum Gasteiger partial charge on any atom is 0.157 e. The van der Waals surface area contributed by atoms with Crippen LogP contribution in [0, 0.1) is 23.2 Å². The summed E-state index contributed by atoms with van der Waals surface area (Å²) in [5.41, 5.74) is 0.678. The van der Waals surface area contributed by atoms with E-state index < -0.39 is 5.92 Å². The average Bonchev–Trinajstić information content (AvgIpc) is 2.28. The molecule has 0 amide bonds. The van der Waals surface area contributed by atoms with Gasteiger partial charge in [-0.25, -0.2) is 0 Å². The van der Waals surface area contributed by atoms with E-state index in [0.717, 1.165) is 0 Å². The summed E-state index contributed by atoms with van der Waals surface area (Å²) in [6, 6.07) is 9.01. The van der Waals surface area contributed by atoms with E-state index in [1.54, 1.807) is 24.3 Å². The fourth-order valence-corrected chi connectivity index (χ4v) is 1.78. The maximum absolute atomic E-state index is 12.2. The molecule has 0 radical (unpaired) electrons. The molecular formula is C14H16ClNO. The molecule has 0 saturated heterocycles. The highest BCUT2D eigenvalue weighted by Crippen LogP contribution is 2.25. The van der Waals surface area contributed by atoms with Gasteiger partial charge in [0.1, 0.15) is 5.92 Å². The van der Waals surface area contributed by atoms with E-state index in [1.807, 2.05) is 20.8 Å². The number of benzene rings is 1. The van der Waals surface area contributed by atoms with E-state index >= 15 is 0 Å². The molecule has 0 aliphatic heterocycles. The van der Waals surface area contributed by atoms with E-state index in [-0.39, 0.29) is 17.6 Å². The zero-order chi connectivity index (χ0) is 13.0. The van der Waals surface area contributed by atoms with E-state index in [9.17, 15) is 4.79 Å². The van der Waals surface area contributed by atoms with Crippen molar-refractivity contribution in [1.82, 2.24) is 0 Å². The Kier molecular flexibility index (Phi) is 4.72. The number of rotatable bonds is 4. The first-order valence-corrected chi connectivity index (χ1v) is 6.04. The van der Waals surface area contributed by atoms with E-state index in [2.05, 4.69) is 6.07 Å². The van der Waals surface area contributed by atoms with Crippen molar-refractivity contribution in [3.63, 3.8) is 0 Å². The lowest BCUT2D eigenvalue weighted by Crippen LogP contribution is -2.23. The summed E-state index contributed by atoms with van der Waals surface area (Å²) >= 11 is 5.87. The number of carbonyl (C=O) groups excluding carboxylic acids is 1. The van der Waals surface area contributed by atoms with Gasteiger partial charge in [0.25, 0.3) is 0 Å². The first-order chi connectivity index (χ1) is 7.97. The van der Waals surface area contributed by atoms with Gasteiger partial charge in [0, 0.05) is 10.9 Å². The summed E-state index contributed by atoms with van der Waals surface area (Å²) in [4.78, 5) is 12.2. The predicted octanol–water partition coefficient (Wildman–Crippen LogP) is 3.81. The zero-order valence-corrected chi connectivity index (χ0v) is 11.0. The van der Waals surface area contributed by atoms with Crippen LogP contribution < -0.4 is 0 Å². The lowest BCUT2D eigenvalue weighted by atomic mass is 9.84. The third-order valence-corrected chi connectivity index (χ3v) is 3.28. The van der Waals surface area contributed by atoms with Crippen molar-refractivity contribution in [3.8, 4) is 6.07 Å². The third-order valence-electron chi connectivity index (χ3n) is 3.04. The zero-order valence-electron chi connectivity index (χ0n) is 10.3. The Bertz CT molecular complexity index is 448. The Morgan fingerprint density at radius 2 is 2.00 bits per heavy atom. The summed E-state index contributed by atoms with van der Waals surface area (Å²) in [6.45, 7) is 5.83. The summed E-state index contributed by atoms with van der Waals surface area (Å²) in [5.74, 6) is -0.646. The molecule has 0 fully saturated rings. The number of nitrogens with zero attached hydrogens (tertiary/aromatic N) is 1. The molecule has 3 heteroatoms. The molecule has 90 valence electrons. The second kappa shape index (κ2) is 5.84. The van der Waals surface area contributed by atoms with Gasteiger partial charge in [0.15, 0.2) is 5.78 Å². The molecule has 0 heterocycles. The number of hydrogen-bond acceptors (Lipinski definition) is 2.